The molecular weight excluding hydrogens is 254 g/mol. The Morgan fingerprint density at radius 2 is 2.00 bits per heavy atom. The van der Waals surface area contributed by atoms with Crippen molar-refractivity contribution in [3.8, 4) is 11.5 Å². The zero-order valence-corrected chi connectivity index (χ0v) is 11.5. The van der Waals surface area contributed by atoms with E-state index in [4.69, 9.17) is 9.47 Å². The summed E-state index contributed by atoms with van der Waals surface area (Å²) in [6, 6.07) is 5.82. The highest BCUT2D eigenvalue weighted by atomic mass is 16.6. The number of amidine groups is 1. The monoisotopic (exact) mass is 273 g/mol. The first-order valence-corrected chi connectivity index (χ1v) is 7.14. The molecule has 106 valence electrons. The van der Waals surface area contributed by atoms with Crippen molar-refractivity contribution >= 4 is 12.1 Å². The molecule has 2 aliphatic heterocycles. The van der Waals surface area contributed by atoms with Gasteiger partial charge in [0.15, 0.2) is 11.5 Å². The van der Waals surface area contributed by atoms with Crippen LogP contribution in [-0.2, 0) is 0 Å². The highest BCUT2D eigenvalue weighted by Gasteiger charge is 2.10. The average Bonchev–Trinajstić information content (AvgIpc) is 2.76. The maximum atomic E-state index is 5.55. The molecule has 0 fully saturated rings. The highest BCUT2D eigenvalue weighted by molar-refractivity contribution is 5.85. The predicted octanol–water partition coefficient (Wildman–Crippen LogP) is 2.35. The Kier molecular flexibility index (Phi) is 4.16. The SMILES string of the molecule is C(=NNC1=NCCCCC1)c1ccc2c(c1)OCCO2. The van der Waals surface area contributed by atoms with Gasteiger partial charge in [0.25, 0.3) is 0 Å². The molecule has 0 saturated carbocycles. The third kappa shape index (κ3) is 3.29. The third-order valence-corrected chi connectivity index (χ3v) is 3.35. The average molecular weight is 273 g/mol. The lowest BCUT2D eigenvalue weighted by atomic mass is 10.2. The first kappa shape index (κ1) is 13.0. The van der Waals surface area contributed by atoms with E-state index in [2.05, 4.69) is 15.5 Å². The molecule has 0 atom stereocenters. The Morgan fingerprint density at radius 3 is 2.95 bits per heavy atom. The number of fused-ring (bicyclic) bond motifs is 1. The molecule has 0 aliphatic carbocycles. The van der Waals surface area contributed by atoms with E-state index in [1.54, 1.807) is 6.21 Å². The quantitative estimate of drug-likeness (QED) is 0.664. The van der Waals surface area contributed by atoms with Crippen LogP contribution in [0.4, 0.5) is 0 Å². The van der Waals surface area contributed by atoms with Crippen molar-refractivity contribution < 1.29 is 9.47 Å². The summed E-state index contributed by atoms with van der Waals surface area (Å²) in [7, 11) is 0. The Balaban J connectivity index is 1.62. The molecule has 0 unspecified atom stereocenters. The molecule has 0 saturated heterocycles. The molecule has 20 heavy (non-hydrogen) atoms. The minimum Gasteiger partial charge on any atom is -0.486 e. The summed E-state index contributed by atoms with van der Waals surface area (Å²) in [6.45, 7) is 2.12. The standard InChI is InChI=1S/C15H19N3O2/c1-2-4-15(16-7-3-1)18-17-11-12-5-6-13-14(10-12)20-9-8-19-13/h5-6,10-11H,1-4,7-9H2,(H,16,18). The number of aliphatic imine (C=N–C) groups is 1. The number of hydrazone groups is 1. The van der Waals surface area contributed by atoms with Crippen molar-refractivity contribution in [2.45, 2.75) is 25.7 Å². The molecule has 1 aromatic rings. The first-order chi connectivity index (χ1) is 9.92. The Bertz CT molecular complexity index is 526. The van der Waals surface area contributed by atoms with E-state index in [0.29, 0.717) is 13.2 Å². The second kappa shape index (κ2) is 6.41. The van der Waals surface area contributed by atoms with Crippen LogP contribution < -0.4 is 14.9 Å². The Hall–Kier alpha value is -2.04. The van der Waals surface area contributed by atoms with Gasteiger partial charge in [0.05, 0.1) is 6.21 Å². The van der Waals surface area contributed by atoms with Gasteiger partial charge in [0, 0.05) is 13.0 Å². The van der Waals surface area contributed by atoms with E-state index >= 15 is 0 Å². The van der Waals surface area contributed by atoms with E-state index in [9.17, 15) is 0 Å². The normalized spacial score (nSPS) is 18.5. The van der Waals surface area contributed by atoms with Gasteiger partial charge >= 0.3 is 0 Å². The summed E-state index contributed by atoms with van der Waals surface area (Å²) < 4.78 is 11.0. The van der Waals surface area contributed by atoms with Crippen LogP contribution in [0.2, 0.25) is 0 Å². The van der Waals surface area contributed by atoms with Crippen LogP contribution in [0.1, 0.15) is 31.2 Å². The molecule has 5 nitrogen and oxygen atoms in total. The molecule has 0 radical (unpaired) electrons. The van der Waals surface area contributed by atoms with Crippen LogP contribution in [0.3, 0.4) is 0 Å². The lowest BCUT2D eigenvalue weighted by Crippen LogP contribution is -2.17. The fraction of sp³-hybridized carbons (Fsp3) is 0.467. The number of hydrogen-bond acceptors (Lipinski definition) is 5. The molecule has 1 aromatic carbocycles. The van der Waals surface area contributed by atoms with Crippen LogP contribution in [0.15, 0.2) is 28.3 Å². The van der Waals surface area contributed by atoms with Crippen LogP contribution >= 0.6 is 0 Å². The molecule has 2 heterocycles. The summed E-state index contributed by atoms with van der Waals surface area (Å²) in [5, 5.41) is 4.25. The third-order valence-electron chi connectivity index (χ3n) is 3.35. The molecular formula is C15H19N3O2. The number of nitrogens with zero attached hydrogens (tertiary/aromatic N) is 2. The van der Waals surface area contributed by atoms with E-state index in [1.807, 2.05) is 18.2 Å². The number of ether oxygens (including phenoxy) is 2. The lowest BCUT2D eigenvalue weighted by molar-refractivity contribution is 0.171. The number of benzene rings is 1. The molecule has 0 spiro atoms. The van der Waals surface area contributed by atoms with Gasteiger partial charge in [-0.05, 0) is 36.6 Å². The highest BCUT2D eigenvalue weighted by Crippen LogP contribution is 2.30. The smallest absolute Gasteiger partial charge is 0.162 e. The summed E-state index contributed by atoms with van der Waals surface area (Å²) in [4.78, 5) is 4.47. The number of hydrogen-bond donors (Lipinski definition) is 1. The van der Waals surface area contributed by atoms with Gasteiger partial charge in [-0.2, -0.15) is 5.10 Å². The molecule has 0 amide bonds. The largest absolute Gasteiger partial charge is 0.486 e. The minimum absolute atomic E-state index is 0.600. The van der Waals surface area contributed by atoms with Crippen LogP contribution in [0.25, 0.3) is 0 Å². The Labute approximate surface area is 118 Å². The molecule has 1 N–H and O–H groups in total. The number of rotatable bonds is 2. The fourth-order valence-electron chi connectivity index (χ4n) is 2.29. The van der Waals surface area contributed by atoms with Crippen molar-refractivity contribution in [2.24, 2.45) is 10.1 Å². The van der Waals surface area contributed by atoms with Crippen molar-refractivity contribution in [3.05, 3.63) is 23.8 Å². The van der Waals surface area contributed by atoms with Crippen molar-refractivity contribution in [3.63, 3.8) is 0 Å². The minimum atomic E-state index is 0.600. The Morgan fingerprint density at radius 1 is 1.10 bits per heavy atom. The maximum Gasteiger partial charge on any atom is 0.162 e. The molecule has 0 aromatic heterocycles. The predicted molar refractivity (Wildman–Crippen MR) is 78.9 cm³/mol. The molecule has 0 bridgehead atoms. The molecule has 2 aliphatic rings. The van der Waals surface area contributed by atoms with Gasteiger partial charge in [-0.15, -0.1) is 0 Å². The van der Waals surface area contributed by atoms with Crippen molar-refractivity contribution in [1.82, 2.24) is 5.43 Å². The van der Waals surface area contributed by atoms with Gasteiger partial charge in [0.2, 0.25) is 0 Å². The van der Waals surface area contributed by atoms with Crippen molar-refractivity contribution in [1.29, 1.82) is 0 Å². The summed E-state index contributed by atoms with van der Waals surface area (Å²) >= 11 is 0. The topological polar surface area (TPSA) is 55.2 Å². The summed E-state index contributed by atoms with van der Waals surface area (Å²) in [6.07, 6.45) is 6.38. The fourth-order valence-corrected chi connectivity index (χ4v) is 2.29. The van der Waals surface area contributed by atoms with E-state index in [0.717, 1.165) is 35.9 Å². The first-order valence-electron chi connectivity index (χ1n) is 7.14. The van der Waals surface area contributed by atoms with Gasteiger partial charge in [-0.3, -0.25) is 10.4 Å². The second-order valence-corrected chi connectivity index (χ2v) is 4.91. The molecule has 3 rings (SSSR count). The second-order valence-electron chi connectivity index (χ2n) is 4.91. The lowest BCUT2D eigenvalue weighted by Gasteiger charge is -2.18. The van der Waals surface area contributed by atoms with E-state index in [1.165, 1.54) is 19.3 Å². The number of nitrogens with one attached hydrogen (secondary N) is 1. The van der Waals surface area contributed by atoms with Crippen LogP contribution in [0, 0.1) is 0 Å². The zero-order chi connectivity index (χ0) is 13.6. The van der Waals surface area contributed by atoms with Gasteiger partial charge in [-0.25, -0.2) is 0 Å². The van der Waals surface area contributed by atoms with Crippen molar-refractivity contribution in [2.75, 3.05) is 19.8 Å². The maximum absolute atomic E-state index is 5.55. The van der Waals surface area contributed by atoms with Crippen LogP contribution in [-0.4, -0.2) is 31.8 Å². The van der Waals surface area contributed by atoms with Gasteiger partial charge in [0.1, 0.15) is 19.0 Å². The molecule has 5 heteroatoms. The van der Waals surface area contributed by atoms with E-state index < -0.39 is 0 Å². The van der Waals surface area contributed by atoms with E-state index in [-0.39, 0.29) is 0 Å². The van der Waals surface area contributed by atoms with Gasteiger partial charge < -0.3 is 9.47 Å². The van der Waals surface area contributed by atoms with Gasteiger partial charge in [-0.1, -0.05) is 6.42 Å². The van der Waals surface area contributed by atoms with Crippen LogP contribution in [0.5, 0.6) is 11.5 Å². The summed E-state index contributed by atoms with van der Waals surface area (Å²) in [5.41, 5.74) is 4.02. The zero-order valence-electron chi connectivity index (χ0n) is 11.5. The summed E-state index contributed by atoms with van der Waals surface area (Å²) in [5.74, 6) is 2.57.